The predicted octanol–water partition coefficient (Wildman–Crippen LogP) is 4.56. The molecule has 5 nitrogen and oxygen atoms in total. The molecule has 0 unspecified atom stereocenters. The smallest absolute Gasteiger partial charge is 0.257 e. The van der Waals surface area contributed by atoms with Crippen LogP contribution in [0.15, 0.2) is 42.6 Å². The molecule has 2 aromatic heterocycles. The van der Waals surface area contributed by atoms with Gasteiger partial charge in [0.05, 0.1) is 11.3 Å². The molecule has 0 aliphatic heterocycles. The molecule has 0 fully saturated rings. The highest BCUT2D eigenvalue weighted by atomic mass is 16.2. The molecule has 1 aliphatic rings. The van der Waals surface area contributed by atoms with Gasteiger partial charge in [0.2, 0.25) is 0 Å². The normalized spacial score (nSPS) is 16.4. The fourth-order valence-electron chi connectivity index (χ4n) is 4.44. The fraction of sp³-hybridized carbons (Fsp3) is 0.417. The van der Waals surface area contributed by atoms with E-state index in [0.717, 1.165) is 54.7 Å². The van der Waals surface area contributed by atoms with Gasteiger partial charge in [0.1, 0.15) is 0 Å². The zero-order valence-electron chi connectivity index (χ0n) is 17.6. The predicted molar refractivity (Wildman–Crippen MR) is 117 cm³/mol. The summed E-state index contributed by atoms with van der Waals surface area (Å²) in [5, 5.41) is 5.71. The summed E-state index contributed by atoms with van der Waals surface area (Å²) in [6.07, 6.45) is 10.8. The van der Waals surface area contributed by atoms with E-state index in [1.54, 1.807) is 0 Å². The van der Waals surface area contributed by atoms with Gasteiger partial charge in [-0.05, 0) is 57.1 Å². The number of aromatic nitrogens is 3. The Morgan fingerprint density at radius 2 is 2.10 bits per heavy atom. The Balaban J connectivity index is 1.57. The van der Waals surface area contributed by atoms with Gasteiger partial charge in [-0.1, -0.05) is 30.4 Å². The zero-order valence-corrected chi connectivity index (χ0v) is 17.6. The summed E-state index contributed by atoms with van der Waals surface area (Å²) < 4.78 is 1.81. The molecule has 2 heterocycles. The minimum Gasteiger partial charge on any atom is -0.361 e. The molecule has 3 aromatic rings. The molecule has 1 aliphatic carbocycles. The van der Waals surface area contributed by atoms with Crippen LogP contribution in [0, 0.1) is 19.8 Å². The maximum Gasteiger partial charge on any atom is 0.257 e. The number of hydrogen-bond donors (Lipinski definition) is 1. The molecule has 0 radical (unpaired) electrons. The number of hydrogen-bond acceptors (Lipinski definition) is 2. The third-order valence-electron chi connectivity index (χ3n) is 6.19. The van der Waals surface area contributed by atoms with E-state index in [0.29, 0.717) is 12.5 Å². The second-order valence-electron chi connectivity index (χ2n) is 8.18. The highest BCUT2D eigenvalue weighted by molar-refractivity contribution is 5.96. The Morgan fingerprint density at radius 1 is 1.28 bits per heavy atom. The van der Waals surface area contributed by atoms with E-state index in [1.807, 2.05) is 31.6 Å². The van der Waals surface area contributed by atoms with Gasteiger partial charge in [0, 0.05) is 42.9 Å². The Kier molecular flexibility index (Phi) is 5.56. The minimum atomic E-state index is 0.113. The van der Waals surface area contributed by atoms with Gasteiger partial charge >= 0.3 is 0 Å². The van der Waals surface area contributed by atoms with Crippen molar-refractivity contribution in [1.29, 1.82) is 0 Å². The van der Waals surface area contributed by atoms with Gasteiger partial charge in [-0.15, -0.1) is 0 Å². The molecule has 0 spiro atoms. The van der Waals surface area contributed by atoms with E-state index in [-0.39, 0.29) is 5.91 Å². The molecule has 29 heavy (non-hydrogen) atoms. The first-order chi connectivity index (χ1) is 14.0. The lowest BCUT2D eigenvalue weighted by Gasteiger charge is -2.28. The quantitative estimate of drug-likeness (QED) is 0.627. The number of aromatic amines is 1. The first-order valence-corrected chi connectivity index (χ1v) is 10.5. The number of rotatable bonds is 6. The second-order valence-corrected chi connectivity index (χ2v) is 8.18. The number of para-hydroxylation sites is 1. The van der Waals surface area contributed by atoms with Gasteiger partial charge < -0.3 is 9.88 Å². The number of carbonyl (C=O) groups excluding carboxylic acids is 1. The van der Waals surface area contributed by atoms with Crippen molar-refractivity contribution < 1.29 is 4.79 Å². The number of amides is 1. The summed E-state index contributed by atoms with van der Waals surface area (Å²) in [6.45, 7) is 5.43. The van der Waals surface area contributed by atoms with E-state index in [9.17, 15) is 4.79 Å². The van der Waals surface area contributed by atoms with Gasteiger partial charge in [-0.2, -0.15) is 5.10 Å². The average Bonchev–Trinajstić information content (AvgIpc) is 3.25. The maximum atomic E-state index is 13.5. The summed E-state index contributed by atoms with van der Waals surface area (Å²) in [6, 6.07) is 8.36. The van der Waals surface area contributed by atoms with Crippen molar-refractivity contribution in [2.24, 2.45) is 13.0 Å². The van der Waals surface area contributed by atoms with E-state index in [1.165, 1.54) is 10.9 Å². The number of H-pyrrole nitrogens is 1. The molecule has 1 amide bonds. The molecule has 0 bridgehead atoms. The number of nitrogens with zero attached hydrogens (tertiary/aromatic N) is 3. The zero-order chi connectivity index (χ0) is 20.4. The molecule has 152 valence electrons. The van der Waals surface area contributed by atoms with E-state index in [4.69, 9.17) is 0 Å². The molecule has 5 heteroatoms. The minimum absolute atomic E-state index is 0.113. The molecular formula is C24H30N4O. The van der Waals surface area contributed by atoms with Crippen LogP contribution in [0.1, 0.15) is 46.6 Å². The van der Waals surface area contributed by atoms with Gasteiger partial charge in [0.25, 0.3) is 5.91 Å². The van der Waals surface area contributed by atoms with Crippen molar-refractivity contribution in [3.63, 3.8) is 0 Å². The molecular weight excluding hydrogens is 360 g/mol. The summed E-state index contributed by atoms with van der Waals surface area (Å²) in [5.74, 6) is 0.645. The van der Waals surface area contributed by atoms with Crippen LogP contribution in [0.5, 0.6) is 0 Å². The molecule has 1 atom stereocenters. The van der Waals surface area contributed by atoms with Crippen LogP contribution < -0.4 is 0 Å². The third-order valence-corrected chi connectivity index (χ3v) is 6.19. The van der Waals surface area contributed by atoms with Crippen molar-refractivity contribution >= 4 is 16.8 Å². The Morgan fingerprint density at radius 3 is 2.83 bits per heavy atom. The average molecular weight is 391 g/mol. The number of allylic oxidation sites excluding steroid dienone is 2. The molecule has 1 aromatic carbocycles. The van der Waals surface area contributed by atoms with Crippen molar-refractivity contribution in [3.8, 4) is 0 Å². The lowest BCUT2D eigenvalue weighted by atomic mass is 9.93. The van der Waals surface area contributed by atoms with Crippen molar-refractivity contribution in [3.05, 3.63) is 65.1 Å². The number of fused-ring (bicyclic) bond motifs is 1. The van der Waals surface area contributed by atoms with Crippen LogP contribution in [0.3, 0.4) is 0 Å². The number of benzene rings is 1. The number of nitrogens with one attached hydrogen (secondary N) is 1. The van der Waals surface area contributed by atoms with E-state index in [2.05, 4.69) is 51.5 Å². The third kappa shape index (κ3) is 4.00. The van der Waals surface area contributed by atoms with E-state index < -0.39 is 0 Å². The van der Waals surface area contributed by atoms with Crippen LogP contribution in [0.2, 0.25) is 0 Å². The SMILES string of the molecule is Cc1nn(C)c(C)c1C(=O)N(CCc1c[nH]c2ccccc12)C[C@@H]1CC=CCC1. The Labute approximate surface area is 172 Å². The summed E-state index contributed by atoms with van der Waals surface area (Å²) in [7, 11) is 1.90. The number of carbonyl (C=O) groups is 1. The summed E-state index contributed by atoms with van der Waals surface area (Å²) >= 11 is 0. The lowest BCUT2D eigenvalue weighted by Crippen LogP contribution is -2.37. The van der Waals surface area contributed by atoms with Crippen molar-refractivity contribution in [2.75, 3.05) is 13.1 Å². The van der Waals surface area contributed by atoms with Gasteiger partial charge in [-0.3, -0.25) is 9.48 Å². The van der Waals surface area contributed by atoms with Crippen LogP contribution >= 0.6 is 0 Å². The first kappa shape index (κ1) is 19.5. The molecule has 0 saturated heterocycles. The van der Waals surface area contributed by atoms with Crippen LogP contribution in [0.25, 0.3) is 10.9 Å². The standard InChI is InChI=1S/C24H30N4O/c1-17-23(18(2)27(3)26-17)24(29)28(16-19-9-5-4-6-10-19)14-13-20-15-25-22-12-8-7-11-21(20)22/h4-5,7-8,11-12,15,19,25H,6,9-10,13-14,16H2,1-3H3/t19-/m1/s1. The second kappa shape index (κ2) is 8.27. The largest absolute Gasteiger partial charge is 0.361 e. The van der Waals surface area contributed by atoms with Crippen molar-refractivity contribution in [2.45, 2.75) is 39.5 Å². The Bertz CT molecular complexity index is 1040. The highest BCUT2D eigenvalue weighted by Gasteiger charge is 2.25. The van der Waals surface area contributed by atoms with Gasteiger partial charge in [0.15, 0.2) is 0 Å². The van der Waals surface area contributed by atoms with E-state index >= 15 is 0 Å². The summed E-state index contributed by atoms with van der Waals surface area (Å²) in [4.78, 5) is 19.0. The lowest BCUT2D eigenvalue weighted by molar-refractivity contribution is 0.0725. The van der Waals surface area contributed by atoms with Gasteiger partial charge in [-0.25, -0.2) is 0 Å². The molecule has 0 saturated carbocycles. The maximum absolute atomic E-state index is 13.5. The number of aryl methyl sites for hydroxylation is 2. The fourth-order valence-corrected chi connectivity index (χ4v) is 4.44. The monoisotopic (exact) mass is 390 g/mol. The molecule has 4 rings (SSSR count). The van der Waals surface area contributed by atoms with Crippen LogP contribution in [-0.2, 0) is 13.5 Å². The Hall–Kier alpha value is -2.82. The van der Waals surface area contributed by atoms with Crippen LogP contribution in [0.4, 0.5) is 0 Å². The van der Waals surface area contributed by atoms with Crippen molar-refractivity contribution in [1.82, 2.24) is 19.7 Å². The summed E-state index contributed by atoms with van der Waals surface area (Å²) in [5.41, 5.74) is 4.93. The van der Waals surface area contributed by atoms with Crippen LogP contribution in [-0.4, -0.2) is 38.7 Å². The first-order valence-electron chi connectivity index (χ1n) is 10.5. The highest BCUT2D eigenvalue weighted by Crippen LogP contribution is 2.23. The molecule has 1 N–H and O–H groups in total. The topological polar surface area (TPSA) is 53.9 Å².